The van der Waals surface area contributed by atoms with E-state index in [9.17, 15) is 4.79 Å². The van der Waals surface area contributed by atoms with Crippen LogP contribution in [0.4, 0.5) is 11.5 Å². The van der Waals surface area contributed by atoms with E-state index in [0.29, 0.717) is 18.0 Å². The van der Waals surface area contributed by atoms with Crippen molar-refractivity contribution in [1.29, 1.82) is 0 Å². The summed E-state index contributed by atoms with van der Waals surface area (Å²) in [5.41, 5.74) is 2.81. The molecule has 0 aliphatic carbocycles. The third kappa shape index (κ3) is 2.10. The summed E-state index contributed by atoms with van der Waals surface area (Å²) in [6.07, 6.45) is 1.46. The molecule has 1 aliphatic rings. The number of aliphatic imine (C=N–C) groups is 1. The lowest BCUT2D eigenvalue weighted by Crippen LogP contribution is -2.06. The van der Waals surface area contributed by atoms with Gasteiger partial charge in [0.25, 0.3) is 0 Å². The molecule has 1 aromatic heterocycles. The van der Waals surface area contributed by atoms with Crippen molar-refractivity contribution in [3.63, 3.8) is 0 Å². The van der Waals surface area contributed by atoms with Crippen LogP contribution >= 0.6 is 11.9 Å². The van der Waals surface area contributed by atoms with Crippen molar-refractivity contribution in [2.24, 2.45) is 4.99 Å². The minimum absolute atomic E-state index is 0.357. The fourth-order valence-electron chi connectivity index (χ4n) is 1.13. The Bertz CT molecular complexity index is 420. The van der Waals surface area contributed by atoms with Crippen molar-refractivity contribution in [2.75, 3.05) is 11.3 Å². The second kappa shape index (κ2) is 4.31. The number of fused-ring (bicyclic) bond motifs is 1. The van der Waals surface area contributed by atoms with Gasteiger partial charge in [-0.1, -0.05) is 0 Å². The van der Waals surface area contributed by atoms with E-state index in [1.807, 2.05) is 0 Å². The molecule has 0 saturated carbocycles. The van der Waals surface area contributed by atoms with Gasteiger partial charge in [-0.25, -0.2) is 14.8 Å². The average molecular weight is 223 g/mol. The molecule has 2 heterocycles. The molecule has 0 bridgehead atoms. The summed E-state index contributed by atoms with van der Waals surface area (Å²) < 4.78 is 7.86. The average Bonchev–Trinajstić information content (AvgIpc) is 2.29. The lowest BCUT2D eigenvalue weighted by atomic mass is 10.2. The van der Waals surface area contributed by atoms with E-state index < -0.39 is 0 Å². The van der Waals surface area contributed by atoms with Crippen LogP contribution in [0.15, 0.2) is 17.3 Å². The second-order valence-electron chi connectivity index (χ2n) is 2.77. The Balaban J connectivity index is 2.28. The van der Waals surface area contributed by atoms with E-state index in [0.717, 1.165) is 5.69 Å². The second-order valence-corrected chi connectivity index (χ2v) is 3.42. The van der Waals surface area contributed by atoms with Crippen molar-refractivity contribution in [3.05, 3.63) is 17.8 Å². The van der Waals surface area contributed by atoms with Gasteiger partial charge in [0.1, 0.15) is 0 Å². The van der Waals surface area contributed by atoms with Gasteiger partial charge in [-0.2, -0.15) is 0 Å². The summed E-state index contributed by atoms with van der Waals surface area (Å²) >= 11 is 1.34. The Morgan fingerprint density at radius 3 is 3.33 bits per heavy atom. The summed E-state index contributed by atoms with van der Waals surface area (Å²) in [5, 5.41) is 0. The molecule has 0 spiro atoms. The molecule has 0 saturated heterocycles. The Morgan fingerprint density at radius 1 is 1.67 bits per heavy atom. The van der Waals surface area contributed by atoms with Gasteiger partial charge in [-0.05, 0) is 24.9 Å². The third-order valence-electron chi connectivity index (χ3n) is 1.77. The minimum Gasteiger partial charge on any atom is -0.462 e. The number of anilines is 1. The molecule has 6 heteroatoms. The largest absolute Gasteiger partial charge is 0.462 e. The van der Waals surface area contributed by atoms with E-state index >= 15 is 0 Å². The van der Waals surface area contributed by atoms with Gasteiger partial charge in [-0.15, -0.1) is 0 Å². The molecule has 1 aliphatic heterocycles. The summed E-state index contributed by atoms with van der Waals surface area (Å²) in [4.78, 5) is 19.5. The predicted octanol–water partition coefficient (Wildman–Crippen LogP) is 1.99. The Hall–Kier alpha value is -1.56. The number of pyridine rings is 1. The number of rotatable bonds is 2. The van der Waals surface area contributed by atoms with Crippen LogP contribution in [-0.4, -0.2) is 23.1 Å². The molecular weight excluding hydrogens is 214 g/mol. The number of ether oxygens (including phenoxy) is 1. The highest BCUT2D eigenvalue weighted by Crippen LogP contribution is 2.28. The molecule has 0 unspecified atom stereocenters. The van der Waals surface area contributed by atoms with E-state index in [1.165, 1.54) is 18.1 Å². The Morgan fingerprint density at radius 2 is 2.53 bits per heavy atom. The van der Waals surface area contributed by atoms with Gasteiger partial charge in [0.05, 0.1) is 23.4 Å². The molecule has 0 amide bonds. The number of carbonyl (C=O) groups is 1. The standard InChI is InChI=1S/C9H9N3O2S/c1-2-14-9(13)6-3-7-8(10-4-6)11-5-15-12-7/h3-5,12H,2H2,1H3. The molecule has 0 radical (unpaired) electrons. The fourth-order valence-corrected chi connectivity index (χ4v) is 1.61. The van der Waals surface area contributed by atoms with Crippen LogP contribution in [0.25, 0.3) is 0 Å². The third-order valence-corrected chi connectivity index (χ3v) is 2.32. The summed E-state index contributed by atoms with van der Waals surface area (Å²) in [6, 6.07) is 1.68. The number of aromatic nitrogens is 1. The first-order chi connectivity index (χ1) is 7.31. The summed E-state index contributed by atoms with van der Waals surface area (Å²) in [6.45, 7) is 2.12. The van der Waals surface area contributed by atoms with Gasteiger partial charge in [0.15, 0.2) is 5.82 Å². The number of hydrogen-bond acceptors (Lipinski definition) is 6. The molecule has 0 aromatic carbocycles. The van der Waals surface area contributed by atoms with Crippen LogP contribution in [0.1, 0.15) is 17.3 Å². The van der Waals surface area contributed by atoms with E-state index in [1.54, 1.807) is 18.5 Å². The molecule has 0 fully saturated rings. The van der Waals surface area contributed by atoms with Crippen molar-refractivity contribution in [3.8, 4) is 0 Å². The SMILES string of the molecule is CCOC(=O)c1cnc2c(c1)NSC=N2. The van der Waals surface area contributed by atoms with Crippen molar-refractivity contribution in [1.82, 2.24) is 4.98 Å². The topological polar surface area (TPSA) is 63.6 Å². The number of esters is 1. The van der Waals surface area contributed by atoms with Gasteiger partial charge in [0.2, 0.25) is 0 Å². The van der Waals surface area contributed by atoms with E-state index in [-0.39, 0.29) is 5.97 Å². The summed E-state index contributed by atoms with van der Waals surface area (Å²) in [7, 11) is 0. The lowest BCUT2D eigenvalue weighted by Gasteiger charge is -2.10. The minimum atomic E-state index is -0.367. The van der Waals surface area contributed by atoms with Gasteiger partial charge >= 0.3 is 5.97 Å². The monoisotopic (exact) mass is 223 g/mol. The van der Waals surface area contributed by atoms with Crippen molar-refractivity contribution in [2.45, 2.75) is 6.92 Å². The van der Waals surface area contributed by atoms with Crippen LogP contribution in [0.5, 0.6) is 0 Å². The van der Waals surface area contributed by atoms with Crippen molar-refractivity contribution < 1.29 is 9.53 Å². The normalized spacial score (nSPS) is 12.9. The van der Waals surface area contributed by atoms with Gasteiger partial charge < -0.3 is 9.46 Å². The quantitative estimate of drug-likeness (QED) is 0.613. The first kappa shape index (κ1) is 9.97. The highest BCUT2D eigenvalue weighted by molar-refractivity contribution is 8.13. The molecule has 2 rings (SSSR count). The van der Waals surface area contributed by atoms with E-state index in [2.05, 4.69) is 14.7 Å². The highest BCUT2D eigenvalue weighted by Gasteiger charge is 2.12. The van der Waals surface area contributed by atoms with Crippen molar-refractivity contribution >= 4 is 35.0 Å². The first-order valence-corrected chi connectivity index (χ1v) is 5.30. The number of carbonyl (C=O) groups excluding carboxylic acids is 1. The summed E-state index contributed by atoms with van der Waals surface area (Å²) in [5.74, 6) is 0.218. The number of nitrogens with zero attached hydrogens (tertiary/aromatic N) is 2. The zero-order chi connectivity index (χ0) is 10.7. The Kier molecular flexibility index (Phi) is 2.86. The molecule has 5 nitrogen and oxygen atoms in total. The maximum absolute atomic E-state index is 11.4. The zero-order valence-corrected chi connectivity index (χ0v) is 8.87. The number of hydrogen-bond donors (Lipinski definition) is 1. The molecule has 1 N–H and O–H groups in total. The van der Waals surface area contributed by atoms with Crippen LogP contribution in [0.3, 0.4) is 0 Å². The van der Waals surface area contributed by atoms with Crippen LogP contribution in [-0.2, 0) is 4.74 Å². The van der Waals surface area contributed by atoms with Crippen LogP contribution in [0.2, 0.25) is 0 Å². The maximum Gasteiger partial charge on any atom is 0.339 e. The lowest BCUT2D eigenvalue weighted by molar-refractivity contribution is 0.0526. The fraction of sp³-hybridized carbons (Fsp3) is 0.222. The number of nitrogens with one attached hydrogen (secondary N) is 1. The molecule has 0 atom stereocenters. The molecule has 78 valence electrons. The van der Waals surface area contributed by atoms with E-state index in [4.69, 9.17) is 4.74 Å². The smallest absolute Gasteiger partial charge is 0.339 e. The van der Waals surface area contributed by atoms with Crippen LogP contribution < -0.4 is 4.72 Å². The predicted molar refractivity (Wildman–Crippen MR) is 59.6 cm³/mol. The van der Waals surface area contributed by atoms with Crippen LogP contribution in [0, 0.1) is 0 Å². The molecular formula is C9H9N3O2S. The first-order valence-electron chi connectivity index (χ1n) is 4.42. The molecule has 15 heavy (non-hydrogen) atoms. The highest BCUT2D eigenvalue weighted by atomic mass is 32.2. The zero-order valence-electron chi connectivity index (χ0n) is 8.06. The maximum atomic E-state index is 11.4. The Labute approximate surface area is 91.1 Å². The van der Waals surface area contributed by atoms with Gasteiger partial charge in [-0.3, -0.25) is 0 Å². The van der Waals surface area contributed by atoms with Gasteiger partial charge in [0, 0.05) is 6.20 Å². The molecule has 1 aromatic rings.